The number of halogens is 2. The number of carbonyl (C=O) groups is 2. The molecule has 2 N–H and O–H groups in total. The lowest BCUT2D eigenvalue weighted by atomic mass is 10.1. The van der Waals surface area contributed by atoms with E-state index in [9.17, 15) is 9.59 Å². The molecule has 5 rings (SSSR count). The first-order valence-corrected chi connectivity index (χ1v) is 11.9. The van der Waals surface area contributed by atoms with Gasteiger partial charge in [-0.2, -0.15) is 5.10 Å². The van der Waals surface area contributed by atoms with Crippen LogP contribution in [0.1, 0.15) is 32.1 Å². The minimum Gasteiger partial charge on any atom is -0.355 e. The molecule has 0 aliphatic rings. The number of hydrogen-bond donors (Lipinski definition) is 2. The smallest absolute Gasteiger partial charge is 0.274 e. The summed E-state index contributed by atoms with van der Waals surface area (Å²) in [5, 5.41) is 19.1. The van der Waals surface area contributed by atoms with Crippen LogP contribution in [0.15, 0.2) is 60.8 Å². The Kier molecular flexibility index (Phi) is 6.60. The number of carbonyl (C=O) groups excluding carboxylic acids is 2. The number of rotatable bonds is 6. The van der Waals surface area contributed by atoms with Gasteiger partial charge in [-0.25, -0.2) is 14.3 Å². The summed E-state index contributed by atoms with van der Waals surface area (Å²) in [6.45, 7) is 2.00. The molecule has 0 aliphatic heterocycles. The lowest BCUT2D eigenvalue weighted by Gasteiger charge is -2.14. The molecule has 0 spiro atoms. The van der Waals surface area contributed by atoms with E-state index in [1.54, 1.807) is 42.1 Å². The van der Waals surface area contributed by atoms with Crippen LogP contribution < -0.4 is 10.6 Å². The summed E-state index contributed by atoms with van der Waals surface area (Å²) in [5.41, 5.74) is 3.45. The number of aromatic nitrogens is 6. The van der Waals surface area contributed by atoms with Crippen molar-refractivity contribution in [2.75, 3.05) is 12.4 Å². The molecule has 0 saturated carbocycles. The van der Waals surface area contributed by atoms with Gasteiger partial charge in [-0.1, -0.05) is 40.5 Å². The maximum atomic E-state index is 13.6. The Morgan fingerprint density at radius 3 is 2.62 bits per heavy atom. The van der Waals surface area contributed by atoms with Gasteiger partial charge in [-0.05, 0) is 55.0 Å². The van der Waals surface area contributed by atoms with Gasteiger partial charge in [0.1, 0.15) is 11.2 Å². The van der Waals surface area contributed by atoms with Gasteiger partial charge in [0.25, 0.3) is 11.8 Å². The van der Waals surface area contributed by atoms with Gasteiger partial charge in [-0.15, -0.1) is 5.10 Å². The number of hydrogen-bond acceptors (Lipinski definition) is 6. The molecule has 12 heteroatoms. The third-order valence-electron chi connectivity index (χ3n) is 5.67. The predicted octanol–water partition coefficient (Wildman–Crippen LogP) is 4.29. The molecule has 0 fully saturated rings. The second-order valence-electron chi connectivity index (χ2n) is 8.16. The highest BCUT2D eigenvalue weighted by Gasteiger charge is 2.23. The molecule has 0 bridgehead atoms. The Bertz CT molecular complexity index is 1660. The third kappa shape index (κ3) is 4.76. The Labute approximate surface area is 221 Å². The van der Waals surface area contributed by atoms with Crippen LogP contribution in [-0.4, -0.2) is 48.6 Å². The van der Waals surface area contributed by atoms with Crippen LogP contribution in [0.4, 0.5) is 5.69 Å². The van der Waals surface area contributed by atoms with Crippen LogP contribution in [0.3, 0.4) is 0 Å². The molecule has 5 aromatic rings. The normalized spacial score (nSPS) is 11.0. The minimum absolute atomic E-state index is 0.164. The summed E-state index contributed by atoms with van der Waals surface area (Å²) in [6.07, 6.45) is 1.56. The van der Waals surface area contributed by atoms with Crippen molar-refractivity contribution in [3.05, 3.63) is 93.4 Å². The number of benzene rings is 2. The fraction of sp³-hybridized carbons (Fsp3) is 0.120. The van der Waals surface area contributed by atoms with Crippen LogP contribution in [0.5, 0.6) is 0 Å². The number of nitrogens with zero attached hydrogens (tertiary/aromatic N) is 6. The van der Waals surface area contributed by atoms with Gasteiger partial charge in [0.2, 0.25) is 0 Å². The Morgan fingerprint density at radius 1 is 1.03 bits per heavy atom. The van der Waals surface area contributed by atoms with E-state index >= 15 is 0 Å². The largest absolute Gasteiger partial charge is 0.355 e. The fourth-order valence-electron chi connectivity index (χ4n) is 3.95. The third-order valence-corrected chi connectivity index (χ3v) is 6.19. The lowest BCUT2D eigenvalue weighted by molar-refractivity contribution is 0.0964. The first kappa shape index (κ1) is 24.4. The van der Waals surface area contributed by atoms with Crippen molar-refractivity contribution >= 4 is 51.7 Å². The average Bonchev–Trinajstić information content (AvgIpc) is 3.50. The molecule has 186 valence electrons. The second kappa shape index (κ2) is 10.00. The predicted molar refractivity (Wildman–Crippen MR) is 141 cm³/mol. The fourth-order valence-corrected chi connectivity index (χ4v) is 4.43. The molecule has 0 atom stereocenters. The van der Waals surface area contributed by atoms with Crippen LogP contribution in [0, 0.1) is 6.92 Å². The summed E-state index contributed by atoms with van der Waals surface area (Å²) >= 11 is 12.6. The van der Waals surface area contributed by atoms with Crippen molar-refractivity contribution in [3.8, 4) is 5.82 Å². The first-order chi connectivity index (χ1) is 17.9. The highest BCUT2D eigenvalue weighted by molar-refractivity contribution is 6.32. The standard InChI is InChI=1S/C25H20Cl2N8O2/c1-14-10-15(26)11-17(24(36)28-2)22(14)30-25(37)21-12-16(32-35(21)23-18(27)6-5-9-29-23)13-34-20-8-4-3-7-19(20)31-33-34/h3-12H,13H2,1-2H3,(H,28,36)(H,30,37). The minimum atomic E-state index is -0.514. The maximum Gasteiger partial charge on any atom is 0.274 e. The molecule has 0 unspecified atom stereocenters. The summed E-state index contributed by atoms with van der Waals surface area (Å²) < 4.78 is 3.06. The van der Waals surface area contributed by atoms with E-state index in [0.29, 0.717) is 27.0 Å². The lowest BCUT2D eigenvalue weighted by Crippen LogP contribution is -2.23. The van der Waals surface area contributed by atoms with Crippen LogP contribution in [0.25, 0.3) is 16.9 Å². The van der Waals surface area contributed by atoms with Crippen molar-refractivity contribution < 1.29 is 9.59 Å². The van der Waals surface area contributed by atoms with Crippen molar-refractivity contribution in [1.82, 2.24) is 35.1 Å². The first-order valence-electron chi connectivity index (χ1n) is 11.2. The van der Waals surface area contributed by atoms with Crippen molar-refractivity contribution in [3.63, 3.8) is 0 Å². The zero-order valence-electron chi connectivity index (χ0n) is 19.7. The number of aryl methyl sites for hydroxylation is 1. The highest BCUT2D eigenvalue weighted by Crippen LogP contribution is 2.27. The molecule has 3 aromatic heterocycles. The molecule has 10 nitrogen and oxygen atoms in total. The van der Waals surface area contributed by atoms with Crippen molar-refractivity contribution in [1.29, 1.82) is 0 Å². The summed E-state index contributed by atoms with van der Waals surface area (Å²) in [4.78, 5) is 30.4. The molecular weight excluding hydrogens is 515 g/mol. The highest BCUT2D eigenvalue weighted by atomic mass is 35.5. The van der Waals surface area contributed by atoms with E-state index in [-0.39, 0.29) is 29.5 Å². The van der Waals surface area contributed by atoms with Gasteiger partial charge in [-0.3, -0.25) is 9.59 Å². The summed E-state index contributed by atoms with van der Waals surface area (Å²) in [7, 11) is 1.50. The van der Waals surface area contributed by atoms with Gasteiger partial charge in [0, 0.05) is 18.3 Å². The van der Waals surface area contributed by atoms with Gasteiger partial charge >= 0.3 is 0 Å². The van der Waals surface area contributed by atoms with E-state index in [2.05, 4.69) is 31.0 Å². The summed E-state index contributed by atoms with van der Waals surface area (Å²) in [6, 6.07) is 15.7. The number of pyridine rings is 1. The van der Waals surface area contributed by atoms with E-state index < -0.39 is 5.91 Å². The monoisotopic (exact) mass is 534 g/mol. The Balaban J connectivity index is 1.57. The summed E-state index contributed by atoms with van der Waals surface area (Å²) in [5.74, 6) is -0.621. The zero-order valence-corrected chi connectivity index (χ0v) is 21.2. The zero-order chi connectivity index (χ0) is 26.1. The molecule has 3 heterocycles. The molecule has 37 heavy (non-hydrogen) atoms. The number of amides is 2. The molecule has 2 aromatic carbocycles. The Hall–Kier alpha value is -4.28. The maximum absolute atomic E-state index is 13.6. The van der Waals surface area contributed by atoms with Gasteiger partial charge in [0.05, 0.1) is 34.0 Å². The van der Waals surface area contributed by atoms with Crippen LogP contribution in [0.2, 0.25) is 10.0 Å². The molecular formula is C25H20Cl2N8O2. The topological polar surface area (TPSA) is 120 Å². The average molecular weight is 535 g/mol. The SMILES string of the molecule is CNC(=O)c1cc(Cl)cc(C)c1NC(=O)c1cc(Cn2nnc3ccccc32)nn1-c1ncccc1Cl. The Morgan fingerprint density at radius 2 is 1.84 bits per heavy atom. The molecule has 0 saturated heterocycles. The van der Waals surface area contributed by atoms with Crippen molar-refractivity contribution in [2.24, 2.45) is 0 Å². The van der Waals surface area contributed by atoms with Gasteiger partial charge in [0.15, 0.2) is 5.82 Å². The molecule has 0 radical (unpaired) electrons. The second-order valence-corrected chi connectivity index (χ2v) is 9.00. The van der Waals surface area contributed by atoms with E-state index in [0.717, 1.165) is 11.0 Å². The van der Waals surface area contributed by atoms with E-state index in [1.165, 1.54) is 17.8 Å². The quantitative estimate of drug-likeness (QED) is 0.335. The van der Waals surface area contributed by atoms with E-state index in [1.807, 2.05) is 24.3 Å². The number of fused-ring (bicyclic) bond motifs is 1. The van der Waals surface area contributed by atoms with Crippen LogP contribution >= 0.6 is 23.2 Å². The van der Waals surface area contributed by atoms with Crippen molar-refractivity contribution in [2.45, 2.75) is 13.5 Å². The molecule has 2 amide bonds. The number of para-hydroxylation sites is 1. The molecule has 0 aliphatic carbocycles. The van der Waals surface area contributed by atoms with Gasteiger partial charge < -0.3 is 10.6 Å². The van der Waals surface area contributed by atoms with E-state index in [4.69, 9.17) is 23.2 Å². The number of anilines is 1. The number of nitrogens with one attached hydrogen (secondary N) is 2. The van der Waals surface area contributed by atoms with Crippen LogP contribution in [-0.2, 0) is 6.54 Å².